The molecule has 3 rings (SSSR count). The third-order valence-corrected chi connectivity index (χ3v) is 4.68. The number of hydrogen-bond donors (Lipinski definition) is 1. The number of hydrogen-bond acceptors (Lipinski definition) is 4. The highest BCUT2D eigenvalue weighted by atomic mass is 35.5. The van der Waals surface area contributed by atoms with Crippen LogP contribution in [0, 0.1) is 5.41 Å². The topological polar surface area (TPSA) is 37.8 Å². The van der Waals surface area contributed by atoms with Gasteiger partial charge in [0, 0.05) is 6.04 Å². The van der Waals surface area contributed by atoms with E-state index in [1.54, 1.807) is 0 Å². The lowest BCUT2D eigenvalue weighted by Crippen LogP contribution is -2.25. The van der Waals surface area contributed by atoms with Crippen LogP contribution in [0.5, 0.6) is 0 Å². The van der Waals surface area contributed by atoms with Gasteiger partial charge >= 0.3 is 0 Å². The maximum atomic E-state index is 6.25. The van der Waals surface area contributed by atoms with Crippen molar-refractivity contribution in [1.29, 1.82) is 0 Å². The van der Waals surface area contributed by atoms with E-state index in [1.807, 2.05) is 12.1 Å². The molecule has 0 radical (unpaired) electrons. The molecular weight excluding hydrogens is 254 g/mol. The van der Waals surface area contributed by atoms with Crippen molar-refractivity contribution in [2.75, 3.05) is 5.32 Å². The van der Waals surface area contributed by atoms with Gasteiger partial charge in [0.1, 0.15) is 11.0 Å². The van der Waals surface area contributed by atoms with Gasteiger partial charge < -0.3 is 5.32 Å². The van der Waals surface area contributed by atoms with Crippen LogP contribution in [0.2, 0.25) is 5.02 Å². The average molecular weight is 268 g/mol. The Morgan fingerprint density at radius 2 is 2.18 bits per heavy atom. The first-order chi connectivity index (χ1) is 8.10. The summed E-state index contributed by atoms with van der Waals surface area (Å²) in [4.78, 5) is 0. The molecule has 0 amide bonds. The molecule has 1 aromatic heterocycles. The van der Waals surface area contributed by atoms with Gasteiger partial charge in [0.05, 0.1) is 22.4 Å². The van der Waals surface area contributed by atoms with E-state index in [2.05, 4.69) is 27.9 Å². The van der Waals surface area contributed by atoms with Crippen LogP contribution in [0.15, 0.2) is 12.1 Å². The number of anilines is 1. The maximum absolute atomic E-state index is 6.25. The minimum atomic E-state index is 0.410. The summed E-state index contributed by atoms with van der Waals surface area (Å²) in [7, 11) is 0. The van der Waals surface area contributed by atoms with Crippen molar-refractivity contribution in [3.05, 3.63) is 17.2 Å². The summed E-state index contributed by atoms with van der Waals surface area (Å²) in [6.07, 6.45) is 2.56. The number of aromatic nitrogens is 2. The first-order valence-corrected chi connectivity index (χ1v) is 6.88. The molecule has 1 fully saturated rings. The molecule has 0 saturated heterocycles. The van der Waals surface area contributed by atoms with Gasteiger partial charge in [0.2, 0.25) is 0 Å². The summed E-state index contributed by atoms with van der Waals surface area (Å²) in [6, 6.07) is 4.21. The Morgan fingerprint density at radius 3 is 2.88 bits per heavy atom. The molecule has 1 unspecified atom stereocenters. The molecule has 17 heavy (non-hydrogen) atoms. The molecule has 0 bridgehead atoms. The average Bonchev–Trinajstić information content (AvgIpc) is 2.90. The van der Waals surface area contributed by atoms with Gasteiger partial charge in [-0.3, -0.25) is 0 Å². The minimum absolute atomic E-state index is 0.410. The predicted molar refractivity (Wildman–Crippen MR) is 72.9 cm³/mol. The quantitative estimate of drug-likeness (QED) is 0.915. The lowest BCUT2D eigenvalue weighted by Gasteiger charge is -2.22. The van der Waals surface area contributed by atoms with Crippen molar-refractivity contribution >= 4 is 40.0 Å². The lowest BCUT2D eigenvalue weighted by molar-refractivity contribution is 0.494. The fraction of sp³-hybridized carbons (Fsp3) is 0.500. The van der Waals surface area contributed by atoms with Gasteiger partial charge in [-0.25, -0.2) is 0 Å². The Bertz CT molecular complexity index is 562. The second-order valence-corrected chi connectivity index (χ2v) is 6.01. The second kappa shape index (κ2) is 3.82. The molecule has 1 aliphatic carbocycles. The molecule has 0 spiro atoms. The first-order valence-electron chi connectivity index (χ1n) is 5.77. The van der Waals surface area contributed by atoms with E-state index in [4.69, 9.17) is 11.6 Å². The Labute approximate surface area is 110 Å². The number of halogens is 1. The number of nitrogens with one attached hydrogen (secondary N) is 1. The Morgan fingerprint density at radius 1 is 1.41 bits per heavy atom. The first kappa shape index (κ1) is 11.2. The highest BCUT2D eigenvalue weighted by Gasteiger charge is 2.42. The summed E-state index contributed by atoms with van der Waals surface area (Å²) in [5.74, 6) is 0. The summed E-state index contributed by atoms with van der Waals surface area (Å²) < 4.78 is 8.56. The SMILES string of the molecule is CC(Nc1c(Cl)ccc2nsnc12)C1(C)CC1. The van der Waals surface area contributed by atoms with Gasteiger partial charge in [-0.1, -0.05) is 18.5 Å². The van der Waals surface area contributed by atoms with E-state index in [-0.39, 0.29) is 0 Å². The van der Waals surface area contributed by atoms with E-state index in [1.165, 1.54) is 24.6 Å². The molecule has 1 aromatic carbocycles. The van der Waals surface area contributed by atoms with Crippen LogP contribution in [-0.2, 0) is 0 Å². The summed E-state index contributed by atoms with van der Waals surface area (Å²) >= 11 is 7.48. The molecule has 1 N–H and O–H groups in total. The van der Waals surface area contributed by atoms with E-state index in [0.29, 0.717) is 11.5 Å². The van der Waals surface area contributed by atoms with E-state index < -0.39 is 0 Å². The molecule has 3 nitrogen and oxygen atoms in total. The third-order valence-electron chi connectivity index (χ3n) is 3.82. The highest BCUT2D eigenvalue weighted by Crippen LogP contribution is 2.49. The van der Waals surface area contributed by atoms with Crippen molar-refractivity contribution < 1.29 is 0 Å². The number of rotatable bonds is 3. The molecule has 2 aromatic rings. The van der Waals surface area contributed by atoms with E-state index in [9.17, 15) is 0 Å². The van der Waals surface area contributed by atoms with Crippen molar-refractivity contribution in [2.45, 2.75) is 32.7 Å². The third kappa shape index (κ3) is 1.89. The van der Waals surface area contributed by atoms with Gasteiger partial charge in [-0.2, -0.15) is 8.75 Å². The smallest absolute Gasteiger partial charge is 0.129 e. The minimum Gasteiger partial charge on any atom is -0.379 e. The van der Waals surface area contributed by atoms with Crippen LogP contribution < -0.4 is 5.32 Å². The zero-order valence-electron chi connectivity index (χ0n) is 9.83. The summed E-state index contributed by atoms with van der Waals surface area (Å²) in [6.45, 7) is 4.51. The maximum Gasteiger partial charge on any atom is 0.129 e. The van der Waals surface area contributed by atoms with Crippen molar-refractivity contribution in [3.8, 4) is 0 Å². The normalized spacial score (nSPS) is 19.2. The van der Waals surface area contributed by atoms with Crippen LogP contribution in [0.4, 0.5) is 5.69 Å². The zero-order chi connectivity index (χ0) is 12.0. The van der Waals surface area contributed by atoms with Crippen LogP contribution in [0.3, 0.4) is 0 Å². The number of nitrogens with zero attached hydrogens (tertiary/aromatic N) is 2. The van der Waals surface area contributed by atoms with E-state index >= 15 is 0 Å². The summed E-state index contributed by atoms with van der Waals surface area (Å²) in [5.41, 5.74) is 3.14. The molecule has 1 aliphatic rings. The molecular formula is C12H14ClN3S. The molecule has 5 heteroatoms. The lowest BCUT2D eigenvalue weighted by atomic mass is 10.0. The Kier molecular flexibility index (Phi) is 2.52. The van der Waals surface area contributed by atoms with Crippen molar-refractivity contribution in [1.82, 2.24) is 8.75 Å². The van der Waals surface area contributed by atoms with E-state index in [0.717, 1.165) is 21.7 Å². The second-order valence-electron chi connectivity index (χ2n) is 5.07. The summed E-state index contributed by atoms with van der Waals surface area (Å²) in [5, 5.41) is 4.24. The van der Waals surface area contributed by atoms with Crippen molar-refractivity contribution in [2.24, 2.45) is 5.41 Å². The molecule has 90 valence electrons. The van der Waals surface area contributed by atoms with Gasteiger partial charge in [0.25, 0.3) is 0 Å². The number of benzene rings is 1. The fourth-order valence-electron chi connectivity index (χ4n) is 1.99. The largest absolute Gasteiger partial charge is 0.379 e. The monoisotopic (exact) mass is 267 g/mol. The Hall–Kier alpha value is -0.870. The Balaban J connectivity index is 1.98. The van der Waals surface area contributed by atoms with Crippen molar-refractivity contribution in [3.63, 3.8) is 0 Å². The molecule has 1 atom stereocenters. The van der Waals surface area contributed by atoms with Crippen LogP contribution in [-0.4, -0.2) is 14.8 Å². The van der Waals surface area contributed by atoms with Crippen LogP contribution in [0.25, 0.3) is 11.0 Å². The predicted octanol–water partition coefficient (Wildman–Crippen LogP) is 3.95. The standard InChI is InChI=1S/C12H14ClN3S/c1-7(12(2)5-6-12)14-10-8(13)3-4-9-11(10)16-17-15-9/h3-4,7,14H,5-6H2,1-2H3. The van der Waals surface area contributed by atoms with Crippen LogP contribution in [0.1, 0.15) is 26.7 Å². The van der Waals surface area contributed by atoms with Crippen LogP contribution >= 0.6 is 23.3 Å². The van der Waals surface area contributed by atoms with Gasteiger partial charge in [-0.05, 0) is 37.3 Å². The molecule has 1 heterocycles. The highest BCUT2D eigenvalue weighted by molar-refractivity contribution is 7.00. The van der Waals surface area contributed by atoms with Gasteiger partial charge in [-0.15, -0.1) is 0 Å². The fourth-order valence-corrected chi connectivity index (χ4v) is 2.73. The molecule has 1 saturated carbocycles. The molecule has 0 aliphatic heterocycles. The zero-order valence-corrected chi connectivity index (χ0v) is 11.4. The number of fused-ring (bicyclic) bond motifs is 1. The van der Waals surface area contributed by atoms with Gasteiger partial charge in [0.15, 0.2) is 0 Å².